The summed E-state index contributed by atoms with van der Waals surface area (Å²) in [4.78, 5) is 12.0. The minimum absolute atomic E-state index is 0.199. The van der Waals surface area contributed by atoms with Crippen molar-refractivity contribution in [2.75, 3.05) is 24.7 Å². The van der Waals surface area contributed by atoms with Crippen LogP contribution in [0.3, 0.4) is 0 Å². The van der Waals surface area contributed by atoms with Gasteiger partial charge in [-0.25, -0.2) is 8.42 Å². The molecule has 2 heterocycles. The second-order valence-electron chi connectivity index (χ2n) is 11.2. The van der Waals surface area contributed by atoms with E-state index in [9.17, 15) is 13.2 Å². The fraction of sp³-hybridized carbons (Fsp3) is 0.361. The van der Waals surface area contributed by atoms with Crippen LogP contribution >= 0.6 is 11.3 Å². The Hall–Kier alpha value is -3.80. The van der Waals surface area contributed by atoms with Crippen LogP contribution in [0.5, 0.6) is 11.5 Å². The Morgan fingerprint density at radius 3 is 2.41 bits per heavy atom. The molecule has 1 atom stereocenters. The van der Waals surface area contributed by atoms with Gasteiger partial charge in [0.05, 0.1) is 37.1 Å². The predicted molar refractivity (Wildman–Crippen MR) is 177 cm³/mol. The van der Waals surface area contributed by atoms with Crippen LogP contribution in [0, 0.1) is 24.7 Å². The Labute approximate surface area is 264 Å². The van der Waals surface area contributed by atoms with Crippen molar-refractivity contribution in [3.05, 3.63) is 82.7 Å². The molecule has 0 N–H and O–H groups in total. The minimum Gasteiger partial charge on any atom is -0.493 e. The molecule has 4 aromatic rings. The second-order valence-corrected chi connectivity index (χ2v) is 14.4. The van der Waals surface area contributed by atoms with E-state index >= 15 is 0 Å². The van der Waals surface area contributed by atoms with Gasteiger partial charge in [-0.1, -0.05) is 36.3 Å². The van der Waals surface area contributed by atoms with Crippen molar-refractivity contribution in [3.8, 4) is 34.5 Å². The quantitative estimate of drug-likeness (QED) is 0.125. The third-order valence-electron chi connectivity index (χ3n) is 7.98. The summed E-state index contributed by atoms with van der Waals surface area (Å²) in [5, 5.41) is 3.33. The number of ether oxygens (including phenoxy) is 3. The molecule has 1 aliphatic heterocycles. The molecule has 1 aromatic heterocycles. The van der Waals surface area contributed by atoms with Gasteiger partial charge in [-0.2, -0.15) is 0 Å². The predicted octanol–water partition coefficient (Wildman–Crippen LogP) is 7.72. The Morgan fingerprint density at radius 1 is 0.977 bits per heavy atom. The summed E-state index contributed by atoms with van der Waals surface area (Å²) in [6, 6.07) is 20.4. The van der Waals surface area contributed by atoms with Gasteiger partial charge in [0, 0.05) is 15.6 Å². The van der Waals surface area contributed by atoms with Crippen molar-refractivity contribution in [3.63, 3.8) is 0 Å². The molecule has 3 aromatic carbocycles. The lowest BCUT2D eigenvalue weighted by Crippen LogP contribution is -2.26. The van der Waals surface area contributed by atoms with Crippen LogP contribution in [0.25, 0.3) is 21.2 Å². The van der Waals surface area contributed by atoms with E-state index in [0.717, 1.165) is 44.7 Å². The third-order valence-corrected chi connectivity index (χ3v) is 10.7. The van der Waals surface area contributed by atoms with Gasteiger partial charge < -0.3 is 14.2 Å². The van der Waals surface area contributed by atoms with Crippen LogP contribution in [0.15, 0.2) is 66.0 Å². The van der Waals surface area contributed by atoms with Gasteiger partial charge in [-0.05, 0) is 97.5 Å². The third kappa shape index (κ3) is 8.02. The summed E-state index contributed by atoms with van der Waals surface area (Å²) >= 11 is 1.71. The molecule has 8 heteroatoms. The van der Waals surface area contributed by atoms with Crippen LogP contribution < -0.4 is 9.47 Å². The van der Waals surface area contributed by atoms with E-state index in [1.165, 1.54) is 4.70 Å². The Morgan fingerprint density at radius 2 is 1.70 bits per heavy atom. The molecule has 0 spiro atoms. The Bertz CT molecular complexity index is 1760. The first-order valence-corrected chi connectivity index (χ1v) is 17.7. The number of hydrogen-bond acceptors (Lipinski definition) is 7. The lowest BCUT2D eigenvalue weighted by Gasteiger charge is -2.22. The molecule has 0 aliphatic carbocycles. The van der Waals surface area contributed by atoms with Crippen molar-refractivity contribution >= 4 is 37.2 Å². The van der Waals surface area contributed by atoms with Crippen molar-refractivity contribution in [2.24, 2.45) is 5.92 Å². The zero-order chi connectivity index (χ0) is 31.1. The van der Waals surface area contributed by atoms with Crippen LogP contribution in [-0.4, -0.2) is 39.1 Å². The largest absolute Gasteiger partial charge is 0.493 e. The number of aryl methyl sites for hydroxylation is 1. The number of carbonyl (C=O) groups excluding carboxylic acids is 1. The number of thiophene rings is 1. The smallest absolute Gasteiger partial charge is 0.307 e. The van der Waals surface area contributed by atoms with Crippen LogP contribution in [-0.2, 0) is 26.0 Å². The number of benzene rings is 3. The number of esters is 1. The van der Waals surface area contributed by atoms with Crippen LogP contribution in [0.1, 0.15) is 55.7 Å². The van der Waals surface area contributed by atoms with Crippen LogP contribution in [0.2, 0.25) is 0 Å². The molecule has 6 nitrogen and oxygen atoms in total. The van der Waals surface area contributed by atoms with E-state index < -0.39 is 9.84 Å². The van der Waals surface area contributed by atoms with E-state index in [2.05, 4.69) is 48.4 Å². The van der Waals surface area contributed by atoms with E-state index in [4.69, 9.17) is 14.2 Å². The van der Waals surface area contributed by atoms with E-state index in [0.29, 0.717) is 32.7 Å². The van der Waals surface area contributed by atoms with Gasteiger partial charge in [0.25, 0.3) is 0 Å². The number of hydrogen-bond donors (Lipinski definition) is 0. The maximum absolute atomic E-state index is 12.0. The fourth-order valence-electron chi connectivity index (χ4n) is 5.48. The molecule has 0 amide bonds. The van der Waals surface area contributed by atoms with Crippen molar-refractivity contribution < 1.29 is 27.4 Å². The van der Waals surface area contributed by atoms with Crippen molar-refractivity contribution in [2.45, 2.75) is 52.6 Å². The zero-order valence-electron chi connectivity index (χ0n) is 25.4. The van der Waals surface area contributed by atoms with E-state index in [1.54, 1.807) is 25.2 Å². The van der Waals surface area contributed by atoms with E-state index in [-0.39, 0.29) is 35.7 Å². The van der Waals surface area contributed by atoms with Gasteiger partial charge in [-0.3, -0.25) is 4.79 Å². The standard InChI is InChI=1S/C36H38O6S2/c1-4-6-29(20-36(37)40-5-2)28-9-7-26(8-10-28)22-42-31-12-14-35-33(21-31)34(24-43-35)32-13-11-30(19-25(32)3)41-23-27-15-17-44(38,39)18-16-27/h7-14,19,21,24,27,29H,5,15-18,20,22-23H2,1-3H3/t29-/m0/s1. The Balaban J connectivity index is 1.23. The van der Waals surface area contributed by atoms with Gasteiger partial charge in [0.15, 0.2) is 0 Å². The number of fused-ring (bicyclic) bond motifs is 1. The zero-order valence-corrected chi connectivity index (χ0v) is 27.1. The van der Waals surface area contributed by atoms with Crippen molar-refractivity contribution in [1.82, 2.24) is 0 Å². The summed E-state index contributed by atoms with van der Waals surface area (Å²) in [5.41, 5.74) is 5.43. The van der Waals surface area contributed by atoms with E-state index in [1.807, 2.05) is 36.4 Å². The molecule has 1 aliphatic rings. The van der Waals surface area contributed by atoms with Crippen LogP contribution in [0.4, 0.5) is 0 Å². The molecular weight excluding hydrogens is 593 g/mol. The highest BCUT2D eigenvalue weighted by Crippen LogP contribution is 2.38. The molecule has 0 unspecified atom stereocenters. The summed E-state index contributed by atoms with van der Waals surface area (Å²) in [5.74, 6) is 8.01. The molecule has 0 saturated carbocycles. The first-order chi connectivity index (χ1) is 21.2. The highest BCUT2D eigenvalue weighted by molar-refractivity contribution is 7.91. The maximum atomic E-state index is 12.0. The Kier molecular flexibility index (Phi) is 10.3. The van der Waals surface area contributed by atoms with Gasteiger partial charge >= 0.3 is 5.97 Å². The first-order valence-electron chi connectivity index (χ1n) is 15.0. The molecule has 5 rings (SSSR count). The fourth-order valence-corrected chi connectivity index (χ4v) is 8.01. The maximum Gasteiger partial charge on any atom is 0.307 e. The lowest BCUT2D eigenvalue weighted by molar-refractivity contribution is -0.143. The SMILES string of the molecule is CC#C[C@@H](CC(=O)OCC)c1ccc(COc2ccc3scc(-c4ccc(OCC5CCS(=O)(=O)CC5)cc4C)c3c2)cc1. The summed E-state index contributed by atoms with van der Waals surface area (Å²) in [7, 11) is -2.87. The number of sulfone groups is 1. The molecule has 230 valence electrons. The molecule has 1 saturated heterocycles. The molecular formula is C36H38O6S2. The topological polar surface area (TPSA) is 78.9 Å². The highest BCUT2D eigenvalue weighted by Gasteiger charge is 2.24. The lowest BCUT2D eigenvalue weighted by atomic mass is 9.95. The molecule has 0 radical (unpaired) electrons. The van der Waals surface area contributed by atoms with Gasteiger partial charge in [-0.15, -0.1) is 17.3 Å². The normalized spacial score (nSPS) is 15.2. The monoisotopic (exact) mass is 630 g/mol. The summed E-state index contributed by atoms with van der Waals surface area (Å²) < 4.78 is 42.0. The summed E-state index contributed by atoms with van der Waals surface area (Å²) in [6.07, 6.45) is 1.57. The average molecular weight is 631 g/mol. The van der Waals surface area contributed by atoms with Gasteiger partial charge in [0.1, 0.15) is 27.9 Å². The average Bonchev–Trinajstić information content (AvgIpc) is 3.43. The molecule has 44 heavy (non-hydrogen) atoms. The first kappa shape index (κ1) is 31.6. The summed E-state index contributed by atoms with van der Waals surface area (Å²) in [6.45, 7) is 6.99. The van der Waals surface area contributed by atoms with Crippen molar-refractivity contribution in [1.29, 1.82) is 0 Å². The number of rotatable bonds is 11. The molecule has 1 fully saturated rings. The minimum atomic E-state index is -2.87. The van der Waals surface area contributed by atoms with Gasteiger partial charge in [0.2, 0.25) is 0 Å². The molecule has 0 bridgehead atoms. The number of carbonyl (C=O) groups is 1. The second kappa shape index (κ2) is 14.3. The highest BCUT2D eigenvalue weighted by atomic mass is 32.2.